The minimum atomic E-state index is -0.817. The molecular weight excluding hydrogens is 401 g/mol. The molecule has 8 heteroatoms. The van der Waals surface area contributed by atoms with Gasteiger partial charge in [0.25, 0.3) is 11.8 Å². The first-order valence-electron chi connectivity index (χ1n) is 10.5. The topological polar surface area (TPSA) is 90.9 Å². The number of carbonyl (C=O) groups excluding carboxylic acids is 2. The molecular formula is C23H26FN3O4. The summed E-state index contributed by atoms with van der Waals surface area (Å²) in [6.07, 6.45) is -0.164. The Kier molecular flexibility index (Phi) is 6.60. The van der Waals surface area contributed by atoms with Crippen LogP contribution >= 0.6 is 0 Å². The predicted molar refractivity (Wildman–Crippen MR) is 112 cm³/mol. The third-order valence-corrected chi connectivity index (χ3v) is 5.81. The van der Waals surface area contributed by atoms with Crippen LogP contribution in [0.4, 0.5) is 4.39 Å². The van der Waals surface area contributed by atoms with Gasteiger partial charge in [-0.15, -0.1) is 0 Å². The Morgan fingerprint density at radius 1 is 1.19 bits per heavy atom. The van der Waals surface area contributed by atoms with Crippen molar-refractivity contribution in [2.24, 2.45) is 0 Å². The number of fused-ring (bicyclic) bond motifs is 1. The number of carbonyl (C=O) groups is 2. The van der Waals surface area contributed by atoms with Crippen LogP contribution in [0.25, 0.3) is 0 Å². The van der Waals surface area contributed by atoms with Gasteiger partial charge in [0.2, 0.25) is 0 Å². The zero-order chi connectivity index (χ0) is 21.8. The maximum absolute atomic E-state index is 14.5. The standard InChI is InChI=1S/C23H26FN3O4/c24-19-11-16(23(30)27-7-9-31-10-8-27)5-6-18(19)22(29)26-14-21(28)20-12-15-3-1-2-4-17(15)13-25-20/h1-6,11,20-21,25,28H,7-10,12-14H2,(H,26,29)/t20-,21?/m0/s1. The fourth-order valence-corrected chi connectivity index (χ4v) is 3.97. The van der Waals surface area contributed by atoms with Crippen molar-refractivity contribution < 1.29 is 23.8 Å². The number of nitrogens with one attached hydrogen (secondary N) is 2. The number of aliphatic hydroxyl groups is 1. The van der Waals surface area contributed by atoms with Crippen LogP contribution < -0.4 is 10.6 Å². The number of morpholine rings is 1. The molecule has 31 heavy (non-hydrogen) atoms. The Bertz CT molecular complexity index is 962. The Labute approximate surface area is 180 Å². The molecule has 7 nitrogen and oxygen atoms in total. The van der Waals surface area contributed by atoms with Crippen molar-refractivity contribution in [2.75, 3.05) is 32.8 Å². The van der Waals surface area contributed by atoms with E-state index in [1.165, 1.54) is 23.3 Å². The van der Waals surface area contributed by atoms with Gasteiger partial charge >= 0.3 is 0 Å². The Morgan fingerprint density at radius 3 is 2.68 bits per heavy atom. The number of amides is 2. The van der Waals surface area contributed by atoms with E-state index in [2.05, 4.69) is 10.6 Å². The van der Waals surface area contributed by atoms with Crippen LogP contribution in [0, 0.1) is 5.82 Å². The highest BCUT2D eigenvalue weighted by molar-refractivity contribution is 5.98. The number of hydrogen-bond acceptors (Lipinski definition) is 5. The van der Waals surface area contributed by atoms with Gasteiger partial charge in [-0.3, -0.25) is 9.59 Å². The third-order valence-electron chi connectivity index (χ3n) is 5.81. The van der Waals surface area contributed by atoms with Gasteiger partial charge in [-0.25, -0.2) is 4.39 Å². The lowest BCUT2D eigenvalue weighted by atomic mass is 9.93. The predicted octanol–water partition coefficient (Wildman–Crippen LogP) is 1.10. The minimum Gasteiger partial charge on any atom is -0.390 e. The fourth-order valence-electron chi connectivity index (χ4n) is 3.97. The first kappa shape index (κ1) is 21.4. The van der Waals surface area contributed by atoms with Gasteiger partial charge in [0.15, 0.2) is 0 Å². The summed E-state index contributed by atoms with van der Waals surface area (Å²) in [5, 5.41) is 16.4. The molecule has 2 aliphatic rings. The molecule has 4 rings (SSSR count). The molecule has 0 saturated carbocycles. The molecule has 0 aliphatic carbocycles. The monoisotopic (exact) mass is 427 g/mol. The normalized spacial score (nSPS) is 19.4. The second-order valence-corrected chi connectivity index (χ2v) is 7.84. The van der Waals surface area contributed by atoms with Crippen molar-refractivity contribution in [3.8, 4) is 0 Å². The molecule has 2 atom stereocenters. The minimum absolute atomic E-state index is 0.00737. The van der Waals surface area contributed by atoms with Crippen LogP contribution in [0.2, 0.25) is 0 Å². The fraction of sp³-hybridized carbons (Fsp3) is 0.391. The molecule has 2 aromatic carbocycles. The van der Waals surface area contributed by atoms with Crippen LogP contribution in [-0.2, 0) is 17.7 Å². The number of ether oxygens (including phenoxy) is 1. The van der Waals surface area contributed by atoms with Crippen LogP contribution in [0.3, 0.4) is 0 Å². The van der Waals surface area contributed by atoms with Crippen molar-refractivity contribution in [2.45, 2.75) is 25.1 Å². The summed E-state index contributed by atoms with van der Waals surface area (Å²) in [5.74, 6) is -1.68. The largest absolute Gasteiger partial charge is 0.390 e. The molecule has 1 saturated heterocycles. The lowest BCUT2D eigenvalue weighted by Crippen LogP contribution is -2.49. The molecule has 3 N–H and O–H groups in total. The summed E-state index contributed by atoms with van der Waals surface area (Å²) in [4.78, 5) is 26.5. The molecule has 0 bridgehead atoms. The lowest BCUT2D eigenvalue weighted by molar-refractivity contribution is 0.0302. The molecule has 1 fully saturated rings. The van der Waals surface area contributed by atoms with Crippen LogP contribution in [0.15, 0.2) is 42.5 Å². The van der Waals surface area contributed by atoms with E-state index >= 15 is 0 Å². The number of benzene rings is 2. The third kappa shape index (κ3) is 4.92. The van der Waals surface area contributed by atoms with E-state index in [0.717, 1.165) is 6.07 Å². The molecule has 164 valence electrons. The summed E-state index contributed by atoms with van der Waals surface area (Å²) < 4.78 is 19.8. The summed E-state index contributed by atoms with van der Waals surface area (Å²) >= 11 is 0. The van der Waals surface area contributed by atoms with Gasteiger partial charge in [0, 0.05) is 37.8 Å². The van der Waals surface area contributed by atoms with E-state index < -0.39 is 17.8 Å². The Morgan fingerprint density at radius 2 is 1.94 bits per heavy atom. The van der Waals surface area contributed by atoms with E-state index in [0.29, 0.717) is 39.3 Å². The van der Waals surface area contributed by atoms with E-state index in [4.69, 9.17) is 4.74 Å². The molecule has 2 heterocycles. The molecule has 1 unspecified atom stereocenters. The van der Waals surface area contributed by atoms with Crippen molar-refractivity contribution in [3.05, 3.63) is 70.5 Å². The first-order valence-corrected chi connectivity index (χ1v) is 10.5. The highest BCUT2D eigenvalue weighted by Crippen LogP contribution is 2.18. The Hall–Kier alpha value is -2.81. The van der Waals surface area contributed by atoms with Crippen molar-refractivity contribution in [3.63, 3.8) is 0 Å². The molecule has 2 aromatic rings. The number of hydrogen-bond donors (Lipinski definition) is 3. The van der Waals surface area contributed by atoms with Gasteiger partial charge < -0.3 is 25.4 Å². The lowest BCUT2D eigenvalue weighted by Gasteiger charge is -2.30. The zero-order valence-electron chi connectivity index (χ0n) is 17.1. The van der Waals surface area contributed by atoms with Gasteiger partial charge in [-0.05, 0) is 35.7 Å². The Balaban J connectivity index is 1.34. The van der Waals surface area contributed by atoms with Crippen LogP contribution in [0.1, 0.15) is 31.8 Å². The molecule has 0 radical (unpaired) electrons. The van der Waals surface area contributed by atoms with Gasteiger partial charge in [-0.1, -0.05) is 24.3 Å². The number of nitrogens with zero attached hydrogens (tertiary/aromatic N) is 1. The smallest absolute Gasteiger partial charge is 0.254 e. The second kappa shape index (κ2) is 9.55. The quantitative estimate of drug-likeness (QED) is 0.665. The van der Waals surface area contributed by atoms with Gasteiger partial charge in [0.05, 0.1) is 24.9 Å². The van der Waals surface area contributed by atoms with Gasteiger partial charge in [-0.2, -0.15) is 0 Å². The van der Waals surface area contributed by atoms with Crippen LogP contribution in [0.5, 0.6) is 0 Å². The summed E-state index contributed by atoms with van der Waals surface area (Å²) in [7, 11) is 0. The maximum Gasteiger partial charge on any atom is 0.254 e. The summed E-state index contributed by atoms with van der Waals surface area (Å²) in [6.45, 7) is 2.48. The average Bonchev–Trinajstić information content (AvgIpc) is 2.82. The maximum atomic E-state index is 14.5. The van der Waals surface area contributed by atoms with E-state index in [9.17, 15) is 19.1 Å². The van der Waals surface area contributed by atoms with Gasteiger partial charge in [0.1, 0.15) is 5.82 Å². The SMILES string of the molecule is O=C(NCC(O)[C@@H]1Cc2ccccc2CN1)c1ccc(C(=O)N2CCOCC2)cc1F. The van der Waals surface area contributed by atoms with Crippen molar-refractivity contribution in [1.82, 2.24) is 15.5 Å². The van der Waals surface area contributed by atoms with E-state index in [-0.39, 0.29) is 29.6 Å². The van der Waals surface area contributed by atoms with Crippen LogP contribution in [-0.4, -0.2) is 66.8 Å². The molecule has 0 spiro atoms. The highest BCUT2D eigenvalue weighted by atomic mass is 19.1. The first-order chi connectivity index (χ1) is 15.0. The number of aliphatic hydroxyl groups excluding tert-OH is 1. The number of rotatable bonds is 5. The van der Waals surface area contributed by atoms with Crippen molar-refractivity contribution >= 4 is 11.8 Å². The summed E-state index contributed by atoms with van der Waals surface area (Å²) in [5.41, 5.74) is 2.40. The van der Waals surface area contributed by atoms with E-state index in [1.807, 2.05) is 24.3 Å². The average molecular weight is 427 g/mol. The molecule has 0 aromatic heterocycles. The molecule has 2 amide bonds. The van der Waals surface area contributed by atoms with E-state index in [1.54, 1.807) is 4.90 Å². The van der Waals surface area contributed by atoms with Crippen molar-refractivity contribution in [1.29, 1.82) is 0 Å². The highest BCUT2D eigenvalue weighted by Gasteiger charge is 2.25. The summed E-state index contributed by atoms with van der Waals surface area (Å²) in [6, 6.07) is 11.7. The number of halogens is 1. The zero-order valence-corrected chi connectivity index (χ0v) is 17.1. The molecule has 2 aliphatic heterocycles. The second-order valence-electron chi connectivity index (χ2n) is 7.84.